The maximum atomic E-state index is 11.6. The number of rotatable bonds is 4. The molecular weight excluding hydrogens is 210 g/mol. The molecule has 0 saturated heterocycles. The van der Waals surface area contributed by atoms with Crippen LogP contribution in [0.3, 0.4) is 0 Å². The minimum absolute atomic E-state index is 0.0757. The summed E-state index contributed by atoms with van der Waals surface area (Å²) in [6, 6.07) is 1.57. The third kappa shape index (κ3) is 2.59. The molecule has 2 N–H and O–H groups in total. The Morgan fingerprint density at radius 1 is 1.56 bits per heavy atom. The van der Waals surface area contributed by atoms with Gasteiger partial charge < -0.3 is 10.4 Å². The molecule has 1 aromatic heterocycles. The van der Waals surface area contributed by atoms with Crippen LogP contribution in [0.2, 0.25) is 0 Å². The summed E-state index contributed by atoms with van der Waals surface area (Å²) in [5, 5.41) is 15.3. The van der Waals surface area contributed by atoms with E-state index in [0.717, 1.165) is 0 Å². The maximum absolute atomic E-state index is 11.6. The van der Waals surface area contributed by atoms with Gasteiger partial charge in [-0.25, -0.2) is 0 Å². The van der Waals surface area contributed by atoms with Crippen molar-refractivity contribution < 1.29 is 14.7 Å². The van der Waals surface area contributed by atoms with E-state index in [0.29, 0.717) is 5.69 Å². The van der Waals surface area contributed by atoms with Crippen LogP contribution in [0, 0.1) is 5.41 Å². The zero-order chi connectivity index (χ0) is 12.3. The summed E-state index contributed by atoms with van der Waals surface area (Å²) < 4.78 is 1.43. The van der Waals surface area contributed by atoms with Crippen LogP contribution in [0.5, 0.6) is 0 Å². The number of carboxylic acids is 1. The van der Waals surface area contributed by atoms with Crippen molar-refractivity contribution in [3.63, 3.8) is 0 Å². The molecule has 88 valence electrons. The lowest BCUT2D eigenvalue weighted by molar-refractivity contribution is -0.146. The molecule has 0 saturated carbocycles. The second kappa shape index (κ2) is 4.34. The molecule has 6 heteroatoms. The Balaban J connectivity index is 2.61. The molecule has 1 heterocycles. The van der Waals surface area contributed by atoms with Crippen LogP contribution in [0.25, 0.3) is 0 Å². The highest BCUT2D eigenvalue weighted by Gasteiger charge is 2.27. The lowest BCUT2D eigenvalue weighted by atomic mass is 9.94. The monoisotopic (exact) mass is 225 g/mol. The first kappa shape index (κ1) is 12.2. The minimum Gasteiger partial charge on any atom is -0.481 e. The van der Waals surface area contributed by atoms with Gasteiger partial charge in [-0.15, -0.1) is 0 Å². The number of aryl methyl sites for hydroxylation is 1. The van der Waals surface area contributed by atoms with Gasteiger partial charge in [0.05, 0.1) is 5.41 Å². The lowest BCUT2D eigenvalue weighted by Crippen LogP contribution is -2.39. The Bertz CT molecular complexity index is 409. The molecule has 0 radical (unpaired) electrons. The number of hydrogen-bond acceptors (Lipinski definition) is 3. The van der Waals surface area contributed by atoms with E-state index >= 15 is 0 Å². The third-order valence-corrected chi connectivity index (χ3v) is 2.32. The highest BCUT2D eigenvalue weighted by atomic mass is 16.4. The average molecular weight is 225 g/mol. The molecule has 0 aliphatic rings. The van der Waals surface area contributed by atoms with Crippen LogP contribution < -0.4 is 5.32 Å². The SMILES string of the molecule is Cn1nccc1C(=O)NCC(C)(C)C(=O)O. The molecule has 0 spiro atoms. The minimum atomic E-state index is -0.978. The molecular formula is C10H15N3O3. The summed E-state index contributed by atoms with van der Waals surface area (Å²) in [7, 11) is 1.65. The van der Waals surface area contributed by atoms with Crippen molar-refractivity contribution in [3.8, 4) is 0 Å². The van der Waals surface area contributed by atoms with E-state index in [-0.39, 0.29) is 12.5 Å². The smallest absolute Gasteiger partial charge is 0.310 e. The van der Waals surface area contributed by atoms with Gasteiger partial charge in [-0.2, -0.15) is 5.10 Å². The van der Waals surface area contributed by atoms with Crippen molar-refractivity contribution in [2.24, 2.45) is 12.5 Å². The molecule has 1 aromatic rings. The molecule has 0 fully saturated rings. The molecule has 0 aliphatic heterocycles. The van der Waals surface area contributed by atoms with Crippen LogP contribution >= 0.6 is 0 Å². The van der Waals surface area contributed by atoms with Crippen molar-refractivity contribution in [1.29, 1.82) is 0 Å². The van der Waals surface area contributed by atoms with Crippen LogP contribution in [-0.2, 0) is 11.8 Å². The number of hydrogen-bond donors (Lipinski definition) is 2. The van der Waals surface area contributed by atoms with Gasteiger partial charge in [-0.05, 0) is 19.9 Å². The number of aliphatic carboxylic acids is 1. The quantitative estimate of drug-likeness (QED) is 0.769. The summed E-state index contributed by atoms with van der Waals surface area (Å²) in [5.74, 6) is -1.27. The Morgan fingerprint density at radius 3 is 2.62 bits per heavy atom. The topological polar surface area (TPSA) is 84.2 Å². The van der Waals surface area contributed by atoms with Crippen molar-refractivity contribution in [2.45, 2.75) is 13.8 Å². The molecule has 1 rings (SSSR count). The van der Waals surface area contributed by atoms with Gasteiger partial charge in [0.2, 0.25) is 0 Å². The predicted octanol–water partition coefficient (Wildman–Crippen LogP) is 0.261. The van der Waals surface area contributed by atoms with Gasteiger partial charge in [-0.3, -0.25) is 14.3 Å². The van der Waals surface area contributed by atoms with Gasteiger partial charge in [0, 0.05) is 19.8 Å². The summed E-state index contributed by atoms with van der Waals surface area (Å²) in [5.41, 5.74) is -0.574. The van der Waals surface area contributed by atoms with Crippen LogP contribution in [0.4, 0.5) is 0 Å². The average Bonchev–Trinajstić information content (AvgIpc) is 2.61. The van der Waals surface area contributed by atoms with Crippen molar-refractivity contribution in [1.82, 2.24) is 15.1 Å². The second-order valence-electron chi connectivity index (χ2n) is 4.21. The Hall–Kier alpha value is -1.85. The van der Waals surface area contributed by atoms with Crippen molar-refractivity contribution in [3.05, 3.63) is 18.0 Å². The molecule has 0 aromatic carbocycles. The molecule has 1 amide bonds. The first-order chi connectivity index (χ1) is 7.34. The normalized spacial score (nSPS) is 11.2. The van der Waals surface area contributed by atoms with Crippen LogP contribution in [0.15, 0.2) is 12.3 Å². The highest BCUT2D eigenvalue weighted by Crippen LogP contribution is 2.13. The highest BCUT2D eigenvalue weighted by molar-refractivity contribution is 5.92. The van der Waals surface area contributed by atoms with E-state index in [9.17, 15) is 9.59 Å². The van der Waals surface area contributed by atoms with Crippen LogP contribution in [0.1, 0.15) is 24.3 Å². The van der Waals surface area contributed by atoms with E-state index in [1.807, 2.05) is 0 Å². The number of nitrogens with one attached hydrogen (secondary N) is 1. The first-order valence-corrected chi connectivity index (χ1v) is 4.84. The number of carboxylic acid groups (broad SMARTS) is 1. The number of amides is 1. The van der Waals surface area contributed by atoms with E-state index < -0.39 is 11.4 Å². The summed E-state index contributed by atoms with van der Waals surface area (Å²) >= 11 is 0. The summed E-state index contributed by atoms with van der Waals surface area (Å²) in [4.78, 5) is 22.4. The Labute approximate surface area is 93.3 Å². The summed E-state index contributed by atoms with van der Waals surface area (Å²) in [6.45, 7) is 3.18. The van der Waals surface area contributed by atoms with E-state index in [1.54, 1.807) is 27.0 Å². The number of carbonyl (C=O) groups is 2. The van der Waals surface area contributed by atoms with Gasteiger partial charge in [0.1, 0.15) is 5.69 Å². The second-order valence-corrected chi connectivity index (χ2v) is 4.21. The summed E-state index contributed by atoms with van der Waals surface area (Å²) in [6.07, 6.45) is 1.51. The fraction of sp³-hybridized carbons (Fsp3) is 0.500. The fourth-order valence-electron chi connectivity index (χ4n) is 1.06. The third-order valence-electron chi connectivity index (χ3n) is 2.32. The van der Waals surface area contributed by atoms with Crippen LogP contribution in [-0.4, -0.2) is 33.3 Å². The predicted molar refractivity (Wildman–Crippen MR) is 57.0 cm³/mol. The Morgan fingerprint density at radius 2 is 2.19 bits per heavy atom. The lowest BCUT2D eigenvalue weighted by Gasteiger charge is -2.19. The molecule has 6 nitrogen and oxygen atoms in total. The molecule has 0 atom stereocenters. The molecule has 16 heavy (non-hydrogen) atoms. The fourth-order valence-corrected chi connectivity index (χ4v) is 1.06. The molecule has 0 aliphatic carbocycles. The van der Waals surface area contributed by atoms with Gasteiger partial charge in [0.15, 0.2) is 0 Å². The van der Waals surface area contributed by atoms with Gasteiger partial charge >= 0.3 is 5.97 Å². The molecule has 0 bridgehead atoms. The van der Waals surface area contributed by atoms with E-state index in [4.69, 9.17) is 5.11 Å². The van der Waals surface area contributed by atoms with Gasteiger partial charge in [-0.1, -0.05) is 0 Å². The van der Waals surface area contributed by atoms with Gasteiger partial charge in [0.25, 0.3) is 5.91 Å². The van der Waals surface area contributed by atoms with Crippen molar-refractivity contribution >= 4 is 11.9 Å². The number of carbonyl (C=O) groups excluding carboxylic acids is 1. The molecule has 0 unspecified atom stereocenters. The van der Waals surface area contributed by atoms with E-state index in [2.05, 4.69) is 10.4 Å². The van der Waals surface area contributed by atoms with Crippen molar-refractivity contribution in [2.75, 3.05) is 6.54 Å². The van der Waals surface area contributed by atoms with E-state index in [1.165, 1.54) is 10.9 Å². The Kier molecular flexibility index (Phi) is 3.31. The zero-order valence-corrected chi connectivity index (χ0v) is 9.52. The number of aromatic nitrogens is 2. The maximum Gasteiger partial charge on any atom is 0.310 e. The standard InChI is InChI=1S/C10H15N3O3/c1-10(2,9(15)16)6-11-8(14)7-4-5-12-13(7)3/h4-5H,6H2,1-3H3,(H,11,14)(H,15,16). The number of nitrogens with zero attached hydrogens (tertiary/aromatic N) is 2. The zero-order valence-electron chi connectivity index (χ0n) is 9.52. The first-order valence-electron chi connectivity index (χ1n) is 4.84. The largest absolute Gasteiger partial charge is 0.481 e.